The fourth-order valence-electron chi connectivity index (χ4n) is 3.85. The van der Waals surface area contributed by atoms with E-state index in [0.29, 0.717) is 17.7 Å². The van der Waals surface area contributed by atoms with E-state index in [1.54, 1.807) is 18.0 Å². The van der Waals surface area contributed by atoms with Crippen molar-refractivity contribution in [1.29, 1.82) is 0 Å². The normalized spacial score (nSPS) is 20.1. The molecule has 2 atom stereocenters. The smallest absolute Gasteiger partial charge is 0.253 e. The van der Waals surface area contributed by atoms with Crippen molar-refractivity contribution < 1.29 is 14.3 Å². The molecular weight excluding hydrogens is 451 g/mol. The first kappa shape index (κ1) is 28.1. The van der Waals surface area contributed by atoms with Gasteiger partial charge in [0.25, 0.3) is 5.91 Å². The van der Waals surface area contributed by atoms with Crippen molar-refractivity contribution in [2.75, 3.05) is 38.6 Å². The Kier molecular flexibility index (Phi) is 12.4. The number of likely N-dealkylation sites (N-methyl/N-ethyl adjacent to an activating group) is 1. The number of aromatic amines is 1. The predicted octanol–water partition coefficient (Wildman–Crippen LogP) is 4.45. The molecule has 0 spiro atoms. The van der Waals surface area contributed by atoms with Crippen molar-refractivity contribution in [2.24, 2.45) is 4.99 Å². The van der Waals surface area contributed by atoms with Gasteiger partial charge in [-0.3, -0.25) is 9.79 Å². The third kappa shape index (κ3) is 8.56. The van der Waals surface area contributed by atoms with Gasteiger partial charge in [-0.25, -0.2) is 4.39 Å². The number of hydrogen-bond donors (Lipinski definition) is 3. The molecule has 6 nitrogen and oxygen atoms in total. The average molecular weight is 491 g/mol. The van der Waals surface area contributed by atoms with Gasteiger partial charge in [-0.05, 0) is 51.4 Å². The van der Waals surface area contributed by atoms with E-state index in [1.165, 1.54) is 6.08 Å². The molecule has 8 heteroatoms. The monoisotopic (exact) mass is 490 g/mol. The molecule has 188 valence electrons. The molecule has 1 aromatic heterocycles. The second-order valence-electron chi connectivity index (χ2n) is 8.23. The number of hydrogen-bond acceptors (Lipinski definition) is 5. The Hall–Kier alpha value is -2.16. The first-order valence-corrected chi connectivity index (χ1v) is 13.1. The lowest BCUT2D eigenvalue weighted by molar-refractivity contribution is 0.0948. The lowest BCUT2D eigenvalue weighted by atomic mass is 10.1. The predicted molar refractivity (Wildman–Crippen MR) is 143 cm³/mol. The van der Waals surface area contributed by atoms with Crippen molar-refractivity contribution >= 4 is 30.0 Å². The Morgan fingerprint density at radius 3 is 2.82 bits per heavy atom. The van der Waals surface area contributed by atoms with Crippen LogP contribution < -0.4 is 5.32 Å². The van der Waals surface area contributed by atoms with E-state index in [1.807, 2.05) is 32.1 Å². The van der Waals surface area contributed by atoms with Gasteiger partial charge < -0.3 is 20.3 Å². The summed E-state index contributed by atoms with van der Waals surface area (Å²) in [7, 11) is 0. The zero-order valence-corrected chi connectivity index (χ0v) is 21.6. The standard InChI is InChI=1S/C26H39FN4O2S/c1-5-31(6-2)16-15-29-26(33)24-19(3)23(30-20(24)4)18-21-11-12-22(34-17-8-7-13-27)10-9-14-28-25(21)32/h7-8,11-12,14,18,22,25,30,32H,5-6,9-10,13,15-17H2,1-4H3,(H,29,33). The number of aliphatic imine (C=N–C) groups is 1. The number of thioether (sulfide) groups is 1. The number of aliphatic hydroxyl groups excluding tert-OH is 1. The summed E-state index contributed by atoms with van der Waals surface area (Å²) in [6, 6.07) is 0. The van der Waals surface area contributed by atoms with Crippen LogP contribution in [0.5, 0.6) is 0 Å². The zero-order chi connectivity index (χ0) is 24.9. The molecule has 2 rings (SSSR count). The number of aryl methyl sites for hydroxylation is 1. The first-order valence-electron chi connectivity index (χ1n) is 12.0. The molecule has 34 heavy (non-hydrogen) atoms. The van der Waals surface area contributed by atoms with Crippen LogP contribution in [0, 0.1) is 13.8 Å². The van der Waals surface area contributed by atoms with E-state index in [0.717, 1.165) is 55.2 Å². The molecule has 1 amide bonds. The van der Waals surface area contributed by atoms with Crippen molar-refractivity contribution in [3.63, 3.8) is 0 Å². The number of rotatable bonds is 11. The van der Waals surface area contributed by atoms with Gasteiger partial charge in [0.2, 0.25) is 0 Å². The number of halogens is 1. The topological polar surface area (TPSA) is 80.7 Å². The summed E-state index contributed by atoms with van der Waals surface area (Å²) in [5.74, 6) is 0.642. The zero-order valence-electron chi connectivity index (χ0n) is 20.8. The quantitative estimate of drug-likeness (QED) is 0.400. The van der Waals surface area contributed by atoms with Crippen LogP contribution in [0.2, 0.25) is 0 Å². The maximum atomic E-state index is 12.9. The molecule has 1 aliphatic heterocycles. The van der Waals surface area contributed by atoms with Crippen molar-refractivity contribution in [3.8, 4) is 0 Å². The van der Waals surface area contributed by atoms with Gasteiger partial charge in [-0.1, -0.05) is 38.2 Å². The molecule has 0 bridgehead atoms. The summed E-state index contributed by atoms with van der Waals surface area (Å²) >= 11 is 1.73. The summed E-state index contributed by atoms with van der Waals surface area (Å²) in [6.45, 7) is 10.9. The Morgan fingerprint density at radius 2 is 2.12 bits per heavy atom. The number of H-pyrrole nitrogens is 1. The van der Waals surface area contributed by atoms with Gasteiger partial charge in [-0.2, -0.15) is 11.8 Å². The highest BCUT2D eigenvalue weighted by molar-refractivity contribution is 8.00. The lowest BCUT2D eigenvalue weighted by Gasteiger charge is -2.18. The maximum absolute atomic E-state index is 12.9. The number of carbonyl (C=O) groups is 1. The van der Waals surface area contributed by atoms with Crippen LogP contribution in [0.25, 0.3) is 6.08 Å². The molecule has 0 aromatic carbocycles. The minimum Gasteiger partial charge on any atom is -0.368 e. The number of allylic oxidation sites excluding steroid dienone is 1. The summed E-state index contributed by atoms with van der Waals surface area (Å²) in [4.78, 5) is 22.7. The number of carbonyl (C=O) groups excluding carboxylic acids is 1. The van der Waals surface area contributed by atoms with Crippen LogP contribution in [0.3, 0.4) is 0 Å². The molecule has 1 aromatic rings. The Labute approximate surface area is 207 Å². The SMILES string of the molecule is CCN(CC)CCNC(=O)c1c(C)[nH]c(C=C2C=CC(SCC=CCF)CCC=NC2O)c1C. The third-order valence-corrected chi connectivity index (χ3v) is 7.12. The largest absolute Gasteiger partial charge is 0.368 e. The molecule has 0 saturated carbocycles. The van der Waals surface area contributed by atoms with E-state index in [4.69, 9.17) is 0 Å². The lowest BCUT2D eigenvalue weighted by Crippen LogP contribution is -2.35. The van der Waals surface area contributed by atoms with Crippen LogP contribution in [0.1, 0.15) is 54.0 Å². The van der Waals surface area contributed by atoms with Crippen LogP contribution in [0.15, 0.2) is 34.9 Å². The van der Waals surface area contributed by atoms with Gasteiger partial charge in [0.1, 0.15) is 6.67 Å². The number of nitrogens with one attached hydrogen (secondary N) is 2. The number of amides is 1. The Morgan fingerprint density at radius 1 is 1.35 bits per heavy atom. The van der Waals surface area contributed by atoms with Crippen LogP contribution in [0.4, 0.5) is 4.39 Å². The van der Waals surface area contributed by atoms with Crippen molar-refractivity contribution in [3.05, 3.63) is 52.4 Å². The van der Waals surface area contributed by atoms with Crippen molar-refractivity contribution in [1.82, 2.24) is 15.2 Å². The van der Waals surface area contributed by atoms with E-state index in [9.17, 15) is 14.3 Å². The van der Waals surface area contributed by atoms with Crippen molar-refractivity contribution in [2.45, 2.75) is 52.0 Å². The molecule has 3 N–H and O–H groups in total. The highest BCUT2D eigenvalue weighted by Gasteiger charge is 2.19. The van der Waals surface area contributed by atoms with E-state index >= 15 is 0 Å². The molecule has 0 aliphatic carbocycles. The molecule has 1 aliphatic rings. The van der Waals surface area contributed by atoms with Gasteiger partial charge in [0.15, 0.2) is 6.23 Å². The van der Waals surface area contributed by atoms with Gasteiger partial charge in [0, 0.05) is 47.3 Å². The second-order valence-corrected chi connectivity index (χ2v) is 9.50. The van der Waals surface area contributed by atoms with E-state index < -0.39 is 12.9 Å². The number of alkyl halides is 1. The van der Waals surface area contributed by atoms with Gasteiger partial charge in [0.05, 0.1) is 5.56 Å². The maximum Gasteiger partial charge on any atom is 0.253 e. The van der Waals surface area contributed by atoms with Crippen LogP contribution in [-0.2, 0) is 0 Å². The molecule has 0 radical (unpaired) electrons. The summed E-state index contributed by atoms with van der Waals surface area (Å²) in [5, 5.41) is 13.9. The molecule has 0 saturated heterocycles. The van der Waals surface area contributed by atoms with Gasteiger partial charge >= 0.3 is 0 Å². The highest BCUT2D eigenvalue weighted by Crippen LogP contribution is 2.24. The minimum absolute atomic E-state index is 0.0931. The number of nitrogens with zero attached hydrogens (tertiary/aromatic N) is 2. The molecule has 0 fully saturated rings. The van der Waals surface area contributed by atoms with Crippen LogP contribution in [-0.4, -0.2) is 77.2 Å². The molecule has 2 unspecified atom stereocenters. The fourth-order valence-corrected chi connectivity index (χ4v) is 4.84. The van der Waals surface area contributed by atoms with Crippen LogP contribution >= 0.6 is 11.8 Å². The number of aliphatic hydroxyl groups is 1. The summed E-state index contributed by atoms with van der Waals surface area (Å²) < 4.78 is 12.3. The molecule has 2 heterocycles. The Balaban J connectivity index is 2.19. The number of aromatic nitrogens is 1. The minimum atomic E-state index is -0.971. The summed E-state index contributed by atoms with van der Waals surface area (Å²) in [6.07, 6.45) is 11.7. The third-order valence-electron chi connectivity index (χ3n) is 5.91. The average Bonchev–Trinajstić information content (AvgIpc) is 3.14. The first-order chi connectivity index (χ1) is 16.4. The van der Waals surface area contributed by atoms with E-state index in [2.05, 4.69) is 40.1 Å². The highest BCUT2D eigenvalue weighted by atomic mass is 32.2. The Bertz CT molecular complexity index is 903. The summed E-state index contributed by atoms with van der Waals surface area (Å²) in [5.41, 5.74) is 3.72. The van der Waals surface area contributed by atoms with Gasteiger partial charge in [-0.15, -0.1) is 0 Å². The molecular formula is C26H39FN4O2S. The fraction of sp³-hybridized carbons (Fsp3) is 0.538. The second kappa shape index (κ2) is 15.0. The van der Waals surface area contributed by atoms with E-state index in [-0.39, 0.29) is 11.2 Å².